The van der Waals surface area contributed by atoms with Crippen LogP contribution in [-0.2, 0) is 11.3 Å². The van der Waals surface area contributed by atoms with Crippen LogP contribution in [0.4, 0.5) is 5.69 Å². The molecule has 20 heavy (non-hydrogen) atoms. The molecule has 1 aromatic rings. The fraction of sp³-hybridized carbons (Fsp3) is 0.467. The van der Waals surface area contributed by atoms with E-state index in [9.17, 15) is 4.79 Å². The summed E-state index contributed by atoms with van der Waals surface area (Å²) in [5, 5.41) is 3.44. The molecule has 0 heterocycles. The average molecular weight is 292 g/mol. The lowest BCUT2D eigenvalue weighted by Gasteiger charge is -2.25. The molecule has 2 rings (SSSR count). The Bertz CT molecular complexity index is 530. The Morgan fingerprint density at radius 2 is 2.10 bits per heavy atom. The average Bonchev–Trinajstić information content (AvgIpc) is 2.46. The van der Waals surface area contributed by atoms with Crippen LogP contribution >= 0.6 is 11.6 Å². The molecule has 1 aliphatic rings. The number of carbonyl (C=O) groups excluding carboxylic acids is 1. The number of nitrogens with one attached hydrogen (secondary N) is 1. The van der Waals surface area contributed by atoms with Crippen LogP contribution in [0.25, 0.3) is 4.85 Å². The zero-order chi connectivity index (χ0) is 14.5. The molecule has 5 heteroatoms. The Kier molecular flexibility index (Phi) is 4.99. The van der Waals surface area contributed by atoms with E-state index in [1.165, 1.54) is 0 Å². The van der Waals surface area contributed by atoms with Crippen molar-refractivity contribution in [1.82, 2.24) is 5.32 Å². The molecule has 0 atom stereocenters. The van der Waals surface area contributed by atoms with Gasteiger partial charge in [-0.2, -0.15) is 0 Å². The summed E-state index contributed by atoms with van der Waals surface area (Å²) in [6, 6.07) is 5.36. The summed E-state index contributed by atoms with van der Waals surface area (Å²) < 4.78 is 0. The number of carbonyl (C=O) groups is 1. The van der Waals surface area contributed by atoms with Crippen LogP contribution in [0.15, 0.2) is 18.2 Å². The molecule has 1 aromatic carbocycles. The van der Waals surface area contributed by atoms with Crippen molar-refractivity contribution in [2.45, 2.75) is 38.3 Å². The number of rotatable bonds is 3. The molecule has 4 nitrogen and oxygen atoms in total. The smallest absolute Gasteiger partial charge is 0.223 e. The minimum absolute atomic E-state index is 0.0658. The van der Waals surface area contributed by atoms with E-state index >= 15 is 0 Å². The summed E-state index contributed by atoms with van der Waals surface area (Å²) >= 11 is 6.09. The third-order valence-corrected chi connectivity index (χ3v) is 4.11. The lowest BCUT2D eigenvalue weighted by atomic mass is 9.86. The number of benzene rings is 1. The predicted molar refractivity (Wildman–Crippen MR) is 79.5 cm³/mol. The highest BCUT2D eigenvalue weighted by Gasteiger charge is 2.24. The first-order chi connectivity index (χ1) is 9.60. The van der Waals surface area contributed by atoms with E-state index < -0.39 is 0 Å². The summed E-state index contributed by atoms with van der Waals surface area (Å²) in [5.41, 5.74) is 7.18. The van der Waals surface area contributed by atoms with Crippen molar-refractivity contribution >= 4 is 23.2 Å². The van der Waals surface area contributed by atoms with Gasteiger partial charge in [0.1, 0.15) is 0 Å². The van der Waals surface area contributed by atoms with Crippen LogP contribution in [0.1, 0.15) is 31.2 Å². The number of nitrogens with two attached hydrogens (primary N) is 1. The molecule has 0 saturated heterocycles. The van der Waals surface area contributed by atoms with Gasteiger partial charge in [0.15, 0.2) is 5.69 Å². The fourth-order valence-electron chi connectivity index (χ4n) is 2.46. The van der Waals surface area contributed by atoms with Gasteiger partial charge in [-0.1, -0.05) is 23.7 Å². The van der Waals surface area contributed by atoms with Gasteiger partial charge >= 0.3 is 0 Å². The Morgan fingerprint density at radius 1 is 1.40 bits per heavy atom. The molecule has 1 saturated carbocycles. The van der Waals surface area contributed by atoms with E-state index in [-0.39, 0.29) is 17.9 Å². The van der Waals surface area contributed by atoms with E-state index in [2.05, 4.69) is 10.2 Å². The summed E-state index contributed by atoms with van der Waals surface area (Å²) in [4.78, 5) is 15.4. The Balaban J connectivity index is 1.89. The molecule has 0 radical (unpaired) electrons. The largest absolute Gasteiger partial charge is 0.352 e. The quantitative estimate of drug-likeness (QED) is 0.841. The maximum Gasteiger partial charge on any atom is 0.223 e. The van der Waals surface area contributed by atoms with Crippen LogP contribution in [0.3, 0.4) is 0 Å². The predicted octanol–water partition coefficient (Wildman–Crippen LogP) is 3.02. The monoisotopic (exact) mass is 291 g/mol. The standard InChI is InChI=1S/C15H18ClN3O/c1-18-13-7-4-11(14(16)8-13)9-19-15(20)10-2-5-12(17)6-3-10/h4,7-8,10,12H,2-3,5-6,9,17H2,(H,19,20)/t10-,12+. The van der Waals surface area contributed by atoms with Crippen LogP contribution in [0.5, 0.6) is 0 Å². The first-order valence-electron chi connectivity index (χ1n) is 6.79. The van der Waals surface area contributed by atoms with Crippen molar-refractivity contribution in [2.24, 2.45) is 11.7 Å². The van der Waals surface area contributed by atoms with Crippen LogP contribution < -0.4 is 11.1 Å². The highest BCUT2D eigenvalue weighted by Crippen LogP contribution is 2.25. The van der Waals surface area contributed by atoms with Gasteiger partial charge in [0.05, 0.1) is 6.57 Å². The molecule has 0 unspecified atom stereocenters. The molecule has 0 spiro atoms. The SMILES string of the molecule is [C-]#[N+]c1ccc(CNC(=O)[C@H]2CC[C@@H](N)CC2)c(Cl)c1. The first kappa shape index (κ1) is 14.8. The second-order valence-electron chi connectivity index (χ2n) is 5.22. The van der Waals surface area contributed by atoms with E-state index in [1.54, 1.807) is 18.2 Å². The summed E-state index contributed by atoms with van der Waals surface area (Å²) in [5.74, 6) is 0.137. The maximum atomic E-state index is 12.1. The number of hydrogen-bond acceptors (Lipinski definition) is 2. The van der Waals surface area contributed by atoms with E-state index in [4.69, 9.17) is 23.9 Å². The molecule has 0 aliphatic heterocycles. The van der Waals surface area contributed by atoms with Crippen molar-refractivity contribution in [2.75, 3.05) is 0 Å². The summed E-state index contributed by atoms with van der Waals surface area (Å²) in [6.07, 6.45) is 3.55. The molecule has 1 amide bonds. The number of nitrogens with zero attached hydrogens (tertiary/aromatic N) is 1. The highest BCUT2D eigenvalue weighted by atomic mass is 35.5. The topological polar surface area (TPSA) is 59.5 Å². The third-order valence-electron chi connectivity index (χ3n) is 3.76. The number of hydrogen-bond donors (Lipinski definition) is 2. The number of halogens is 1. The van der Waals surface area contributed by atoms with Crippen LogP contribution in [-0.4, -0.2) is 11.9 Å². The first-order valence-corrected chi connectivity index (χ1v) is 7.17. The van der Waals surface area contributed by atoms with Gasteiger partial charge in [-0.25, -0.2) is 4.85 Å². The van der Waals surface area contributed by atoms with Gasteiger partial charge in [-0.15, -0.1) is 0 Å². The Hall–Kier alpha value is -1.57. The molecular formula is C15H18ClN3O. The molecule has 1 aliphatic carbocycles. The van der Waals surface area contributed by atoms with Crippen molar-refractivity contribution in [3.05, 3.63) is 40.2 Å². The van der Waals surface area contributed by atoms with Crippen molar-refractivity contribution in [3.8, 4) is 0 Å². The third kappa shape index (κ3) is 3.72. The van der Waals surface area contributed by atoms with Gasteiger partial charge in [0.2, 0.25) is 5.91 Å². The molecule has 3 N–H and O–H groups in total. The molecule has 106 valence electrons. The minimum Gasteiger partial charge on any atom is -0.352 e. The summed E-state index contributed by atoms with van der Waals surface area (Å²) in [7, 11) is 0. The Labute approximate surface area is 124 Å². The highest BCUT2D eigenvalue weighted by molar-refractivity contribution is 6.31. The van der Waals surface area contributed by atoms with Crippen molar-refractivity contribution < 1.29 is 4.79 Å². The lowest BCUT2D eigenvalue weighted by Crippen LogP contribution is -2.35. The molecule has 1 fully saturated rings. The van der Waals surface area contributed by atoms with E-state index in [0.717, 1.165) is 31.2 Å². The van der Waals surface area contributed by atoms with Gasteiger partial charge in [0, 0.05) is 23.5 Å². The van der Waals surface area contributed by atoms with Gasteiger partial charge in [0.25, 0.3) is 0 Å². The van der Waals surface area contributed by atoms with Gasteiger partial charge in [-0.05, 0) is 37.3 Å². The molecule has 0 bridgehead atoms. The second kappa shape index (κ2) is 6.74. The zero-order valence-electron chi connectivity index (χ0n) is 11.2. The van der Waals surface area contributed by atoms with Crippen LogP contribution in [0.2, 0.25) is 5.02 Å². The second-order valence-corrected chi connectivity index (χ2v) is 5.62. The lowest BCUT2D eigenvalue weighted by molar-refractivity contribution is -0.126. The normalized spacial score (nSPS) is 22.1. The molecular weight excluding hydrogens is 274 g/mol. The van der Waals surface area contributed by atoms with E-state index in [1.807, 2.05) is 0 Å². The minimum atomic E-state index is 0.0658. The maximum absolute atomic E-state index is 12.1. The fourth-order valence-corrected chi connectivity index (χ4v) is 2.70. The van der Waals surface area contributed by atoms with Gasteiger partial charge < -0.3 is 11.1 Å². The number of amides is 1. The van der Waals surface area contributed by atoms with Gasteiger partial charge in [-0.3, -0.25) is 4.79 Å². The zero-order valence-corrected chi connectivity index (χ0v) is 12.0. The van der Waals surface area contributed by atoms with Crippen molar-refractivity contribution in [3.63, 3.8) is 0 Å². The van der Waals surface area contributed by atoms with Crippen LogP contribution in [0, 0.1) is 12.5 Å². The van der Waals surface area contributed by atoms with Crippen molar-refractivity contribution in [1.29, 1.82) is 0 Å². The van der Waals surface area contributed by atoms with E-state index in [0.29, 0.717) is 17.3 Å². The molecule has 0 aromatic heterocycles. The summed E-state index contributed by atoms with van der Waals surface area (Å²) in [6.45, 7) is 7.32. The Morgan fingerprint density at radius 3 is 2.70 bits per heavy atom.